The molecule has 1 rings (SSSR count). The summed E-state index contributed by atoms with van der Waals surface area (Å²) in [5.74, 6) is 0.898. The first-order chi connectivity index (χ1) is 6.08. The van der Waals surface area contributed by atoms with Crippen molar-refractivity contribution in [1.82, 2.24) is 0 Å². The van der Waals surface area contributed by atoms with Gasteiger partial charge in [0.1, 0.15) is 0 Å². The van der Waals surface area contributed by atoms with Crippen molar-refractivity contribution in [2.45, 2.75) is 25.7 Å². The third-order valence-electron chi connectivity index (χ3n) is 2.08. The monoisotopic (exact) mass is 207 g/mol. The molecule has 0 atom stereocenters. The molecular weight excluding hydrogens is 190 g/mol. The van der Waals surface area contributed by atoms with Crippen molar-refractivity contribution in [3.8, 4) is 0 Å². The van der Waals surface area contributed by atoms with Gasteiger partial charge in [0.2, 0.25) is 10.0 Å². The molecule has 0 aromatic rings. The quantitative estimate of drug-likeness (QED) is 0.617. The Labute approximate surface area is 79.5 Å². The van der Waals surface area contributed by atoms with E-state index in [2.05, 4.69) is 0 Å². The molecule has 1 aliphatic carbocycles. The summed E-state index contributed by atoms with van der Waals surface area (Å²) < 4.78 is 26.3. The van der Waals surface area contributed by atoms with Gasteiger partial charge in [0.25, 0.3) is 0 Å². The first-order valence-electron chi connectivity index (χ1n) is 4.66. The lowest BCUT2D eigenvalue weighted by molar-refractivity contribution is 0.129. The molecular formula is C8H17NO3S. The van der Waals surface area contributed by atoms with Gasteiger partial charge in [-0.05, 0) is 18.8 Å². The SMILES string of the molecule is NS(=O)(=O)CCCOCCC1CC1. The van der Waals surface area contributed by atoms with Crippen LogP contribution in [-0.2, 0) is 14.8 Å². The van der Waals surface area contributed by atoms with Crippen LogP contribution in [0.3, 0.4) is 0 Å². The largest absolute Gasteiger partial charge is 0.381 e. The van der Waals surface area contributed by atoms with Gasteiger partial charge in [-0.3, -0.25) is 0 Å². The number of hydrogen-bond donors (Lipinski definition) is 1. The maximum atomic E-state index is 10.5. The Kier molecular flexibility index (Phi) is 4.15. The van der Waals surface area contributed by atoms with E-state index in [0.29, 0.717) is 13.0 Å². The zero-order valence-corrected chi connectivity index (χ0v) is 8.55. The van der Waals surface area contributed by atoms with Crippen LogP contribution in [0.1, 0.15) is 25.7 Å². The van der Waals surface area contributed by atoms with Crippen molar-refractivity contribution in [2.24, 2.45) is 11.1 Å². The third-order valence-corrected chi connectivity index (χ3v) is 2.94. The van der Waals surface area contributed by atoms with Crippen LogP contribution in [0.4, 0.5) is 0 Å². The summed E-state index contributed by atoms with van der Waals surface area (Å²) in [7, 11) is -3.30. The van der Waals surface area contributed by atoms with Gasteiger partial charge in [-0.25, -0.2) is 13.6 Å². The fraction of sp³-hybridized carbons (Fsp3) is 1.00. The molecule has 0 aromatic carbocycles. The van der Waals surface area contributed by atoms with E-state index >= 15 is 0 Å². The maximum Gasteiger partial charge on any atom is 0.209 e. The topological polar surface area (TPSA) is 69.4 Å². The van der Waals surface area contributed by atoms with E-state index in [1.165, 1.54) is 12.8 Å². The predicted molar refractivity (Wildman–Crippen MR) is 50.8 cm³/mol. The van der Waals surface area contributed by atoms with E-state index in [9.17, 15) is 8.42 Å². The first kappa shape index (κ1) is 10.9. The molecule has 0 unspecified atom stereocenters. The van der Waals surface area contributed by atoms with Gasteiger partial charge >= 0.3 is 0 Å². The number of nitrogens with two attached hydrogens (primary N) is 1. The van der Waals surface area contributed by atoms with E-state index in [-0.39, 0.29) is 5.75 Å². The molecule has 13 heavy (non-hydrogen) atoms. The molecule has 1 aliphatic rings. The molecule has 0 spiro atoms. The highest BCUT2D eigenvalue weighted by Gasteiger charge is 2.20. The number of ether oxygens (including phenoxy) is 1. The Morgan fingerprint density at radius 1 is 1.31 bits per heavy atom. The van der Waals surface area contributed by atoms with E-state index < -0.39 is 10.0 Å². The zero-order valence-electron chi connectivity index (χ0n) is 7.74. The molecule has 1 saturated carbocycles. The Bertz CT molecular complexity index is 234. The van der Waals surface area contributed by atoms with Crippen LogP contribution in [0.5, 0.6) is 0 Å². The molecule has 0 radical (unpaired) electrons. The predicted octanol–water partition coefficient (Wildman–Crippen LogP) is 0.482. The average Bonchev–Trinajstić information content (AvgIpc) is 2.77. The van der Waals surface area contributed by atoms with Crippen LogP contribution < -0.4 is 5.14 Å². The lowest BCUT2D eigenvalue weighted by Gasteiger charge is -2.02. The summed E-state index contributed by atoms with van der Waals surface area (Å²) in [6.07, 6.45) is 4.29. The minimum absolute atomic E-state index is 0.0242. The summed E-state index contributed by atoms with van der Waals surface area (Å²) in [6, 6.07) is 0. The Hall–Kier alpha value is -0.130. The van der Waals surface area contributed by atoms with Gasteiger partial charge in [0.05, 0.1) is 5.75 Å². The minimum Gasteiger partial charge on any atom is -0.381 e. The standard InChI is InChI=1S/C8H17NO3S/c9-13(10,11)7-1-5-12-6-4-8-2-3-8/h8H,1-7H2,(H2,9,10,11). The summed E-state index contributed by atoms with van der Waals surface area (Å²) in [6.45, 7) is 1.26. The molecule has 5 heteroatoms. The van der Waals surface area contributed by atoms with Crippen LogP contribution in [0, 0.1) is 5.92 Å². The Morgan fingerprint density at radius 2 is 2.00 bits per heavy atom. The second kappa shape index (κ2) is 4.93. The van der Waals surface area contributed by atoms with E-state index in [1.807, 2.05) is 0 Å². The number of primary sulfonamides is 1. The van der Waals surface area contributed by atoms with Crippen molar-refractivity contribution in [2.75, 3.05) is 19.0 Å². The Balaban J connectivity index is 1.83. The van der Waals surface area contributed by atoms with E-state index in [0.717, 1.165) is 18.9 Å². The maximum absolute atomic E-state index is 10.5. The van der Waals surface area contributed by atoms with Gasteiger partial charge in [0.15, 0.2) is 0 Å². The van der Waals surface area contributed by atoms with Crippen LogP contribution in [0.15, 0.2) is 0 Å². The second-order valence-electron chi connectivity index (χ2n) is 3.56. The van der Waals surface area contributed by atoms with Crippen molar-refractivity contribution in [3.63, 3.8) is 0 Å². The fourth-order valence-corrected chi connectivity index (χ4v) is 1.64. The second-order valence-corrected chi connectivity index (χ2v) is 5.30. The zero-order chi connectivity index (χ0) is 9.73. The molecule has 0 heterocycles. The lowest BCUT2D eigenvalue weighted by Crippen LogP contribution is -2.17. The highest BCUT2D eigenvalue weighted by molar-refractivity contribution is 7.89. The van der Waals surface area contributed by atoms with Crippen LogP contribution in [0.2, 0.25) is 0 Å². The number of sulfonamides is 1. The van der Waals surface area contributed by atoms with Crippen molar-refractivity contribution in [3.05, 3.63) is 0 Å². The molecule has 0 saturated heterocycles. The third kappa shape index (κ3) is 6.98. The molecule has 0 bridgehead atoms. The molecule has 4 nitrogen and oxygen atoms in total. The lowest BCUT2D eigenvalue weighted by atomic mass is 10.3. The smallest absolute Gasteiger partial charge is 0.209 e. The highest BCUT2D eigenvalue weighted by atomic mass is 32.2. The van der Waals surface area contributed by atoms with Crippen LogP contribution >= 0.6 is 0 Å². The molecule has 0 aliphatic heterocycles. The van der Waals surface area contributed by atoms with Gasteiger partial charge in [0, 0.05) is 13.2 Å². The average molecular weight is 207 g/mol. The minimum atomic E-state index is -3.30. The molecule has 0 amide bonds. The molecule has 78 valence electrons. The van der Waals surface area contributed by atoms with Crippen molar-refractivity contribution >= 4 is 10.0 Å². The first-order valence-corrected chi connectivity index (χ1v) is 6.38. The van der Waals surface area contributed by atoms with Crippen LogP contribution in [0.25, 0.3) is 0 Å². The summed E-state index contributed by atoms with van der Waals surface area (Å²) in [4.78, 5) is 0. The number of hydrogen-bond acceptors (Lipinski definition) is 3. The van der Waals surface area contributed by atoms with Crippen molar-refractivity contribution in [1.29, 1.82) is 0 Å². The van der Waals surface area contributed by atoms with Gasteiger partial charge in [-0.15, -0.1) is 0 Å². The van der Waals surface area contributed by atoms with Gasteiger partial charge in [-0.2, -0.15) is 0 Å². The molecule has 2 N–H and O–H groups in total. The van der Waals surface area contributed by atoms with Gasteiger partial charge in [-0.1, -0.05) is 12.8 Å². The normalized spacial score (nSPS) is 17.6. The molecule has 0 aromatic heterocycles. The fourth-order valence-electron chi connectivity index (χ4n) is 1.12. The summed E-state index contributed by atoms with van der Waals surface area (Å²) >= 11 is 0. The van der Waals surface area contributed by atoms with E-state index in [4.69, 9.17) is 9.88 Å². The van der Waals surface area contributed by atoms with Gasteiger partial charge < -0.3 is 4.74 Å². The summed E-state index contributed by atoms with van der Waals surface area (Å²) in [5, 5.41) is 4.83. The number of rotatable bonds is 7. The van der Waals surface area contributed by atoms with Crippen LogP contribution in [-0.4, -0.2) is 27.4 Å². The van der Waals surface area contributed by atoms with E-state index in [1.54, 1.807) is 0 Å². The summed E-state index contributed by atoms with van der Waals surface area (Å²) in [5.41, 5.74) is 0. The van der Waals surface area contributed by atoms with Crippen molar-refractivity contribution < 1.29 is 13.2 Å². The molecule has 1 fully saturated rings. The highest BCUT2D eigenvalue weighted by Crippen LogP contribution is 2.31. The Morgan fingerprint density at radius 3 is 2.54 bits per heavy atom.